The second-order valence-electron chi connectivity index (χ2n) is 11.3. The average Bonchev–Trinajstić information content (AvgIpc) is 3.79. The molecule has 5 unspecified atom stereocenters. The van der Waals surface area contributed by atoms with E-state index in [9.17, 15) is 40.2 Å². The number of hydrogen-bond acceptors (Lipinski definition) is 11. The Balaban J connectivity index is 1.49. The molecule has 14 heteroatoms. The van der Waals surface area contributed by atoms with Crippen molar-refractivity contribution in [1.82, 2.24) is 20.0 Å². The maximum Gasteiger partial charge on any atom is 0.276 e. The lowest BCUT2D eigenvalue weighted by Crippen LogP contribution is -2.56. The highest BCUT2D eigenvalue weighted by Gasteiger charge is 2.47. The third-order valence-electron chi connectivity index (χ3n) is 8.73. The zero-order valence-electron chi connectivity index (χ0n) is 23.2. The molecule has 45 heavy (non-hydrogen) atoms. The van der Waals surface area contributed by atoms with Crippen LogP contribution in [0.1, 0.15) is 32.5 Å². The van der Waals surface area contributed by atoms with Crippen molar-refractivity contribution in [3.05, 3.63) is 71.7 Å². The summed E-state index contributed by atoms with van der Waals surface area (Å²) in [7, 11) is 0. The molecule has 1 saturated heterocycles. The van der Waals surface area contributed by atoms with Crippen molar-refractivity contribution in [3.8, 4) is 11.5 Å². The van der Waals surface area contributed by atoms with Crippen LogP contribution in [0.3, 0.4) is 0 Å². The number of H-pyrrole nitrogens is 1. The Morgan fingerprint density at radius 3 is 2.29 bits per heavy atom. The smallest absolute Gasteiger partial charge is 0.276 e. The van der Waals surface area contributed by atoms with Crippen molar-refractivity contribution in [3.63, 3.8) is 0 Å². The molecule has 0 aliphatic carbocycles. The normalized spacial score (nSPS) is 23.7. The number of aromatic nitrogens is 2. The van der Waals surface area contributed by atoms with Gasteiger partial charge in [-0.05, 0) is 30.3 Å². The molecule has 0 radical (unpaired) electrons. The number of benzene rings is 3. The number of nitrogens with one attached hydrogen (secondary N) is 2. The largest absolute Gasteiger partial charge is 0.508 e. The maximum atomic E-state index is 14.2. The van der Waals surface area contributed by atoms with Gasteiger partial charge in [-0.2, -0.15) is 0 Å². The minimum Gasteiger partial charge on any atom is -0.508 e. The molecule has 0 bridgehead atoms. The number of fused-ring (bicyclic) bond motifs is 10. The van der Waals surface area contributed by atoms with Crippen LogP contribution in [0.5, 0.6) is 11.5 Å². The second-order valence-corrected chi connectivity index (χ2v) is 11.3. The lowest BCUT2D eigenvalue weighted by atomic mass is 9.96. The highest BCUT2D eigenvalue weighted by molar-refractivity contribution is 6.39. The molecular formula is C31H26N4O10. The van der Waals surface area contributed by atoms with Gasteiger partial charge in [0.05, 0.1) is 52.3 Å². The summed E-state index contributed by atoms with van der Waals surface area (Å²) in [6, 6.07) is 10.6. The summed E-state index contributed by atoms with van der Waals surface area (Å²) in [6.07, 6.45) is -4.80. The Kier molecular flexibility index (Phi) is 5.99. The van der Waals surface area contributed by atoms with Gasteiger partial charge in [-0.25, -0.2) is 10.4 Å². The lowest BCUT2D eigenvalue weighted by Gasteiger charge is -2.41. The summed E-state index contributed by atoms with van der Waals surface area (Å²) >= 11 is 0. The van der Waals surface area contributed by atoms with E-state index in [1.54, 1.807) is 18.2 Å². The van der Waals surface area contributed by atoms with Crippen LogP contribution in [0.25, 0.3) is 43.6 Å². The van der Waals surface area contributed by atoms with Crippen LogP contribution in [0.2, 0.25) is 0 Å². The number of hydrogen-bond donors (Lipinski definition) is 8. The molecule has 3 aromatic carbocycles. The molecule has 2 aliphatic heterocycles. The summed E-state index contributed by atoms with van der Waals surface area (Å²) in [6.45, 7) is -0.568. The fourth-order valence-corrected chi connectivity index (χ4v) is 6.68. The molecule has 2 aliphatic rings. The molecule has 8 rings (SSSR count). The van der Waals surface area contributed by atoms with Gasteiger partial charge in [-0.15, -0.1) is 0 Å². The average molecular weight is 615 g/mol. The number of phenols is 2. The minimum atomic E-state index is -1.72. The molecule has 230 valence electrons. The van der Waals surface area contributed by atoms with Gasteiger partial charge in [0.2, 0.25) is 0 Å². The molecular weight excluding hydrogens is 588 g/mol. The standard InChI is InChI=1S/C31H26N4O10/c36-10-19-26(39)27(40)28(41)31(45-19)34-18-8-14(38)2-4-16(18)21-23-22(29(42)35(30(23)43)32-9-12-5-6-44-11-12)20-15-3-1-13(37)7-17(15)33-24(20)25(21)34/h1-8,11,19,26-28,31-33,36-41H,9-10H2. The van der Waals surface area contributed by atoms with Gasteiger partial charge in [0.15, 0.2) is 6.23 Å². The van der Waals surface area contributed by atoms with Crippen LogP contribution in [-0.4, -0.2) is 88.0 Å². The Labute approximate surface area is 251 Å². The fraction of sp³-hybridized carbons (Fsp3) is 0.226. The predicted octanol–water partition coefficient (Wildman–Crippen LogP) is 1.71. The monoisotopic (exact) mass is 614 g/mol. The van der Waals surface area contributed by atoms with E-state index in [-0.39, 0.29) is 40.2 Å². The number of carbonyl (C=O) groups excluding carboxylic acids is 2. The van der Waals surface area contributed by atoms with Gasteiger partial charge < -0.3 is 49.3 Å². The number of aromatic amines is 1. The Bertz CT molecular complexity index is 2180. The van der Waals surface area contributed by atoms with E-state index in [4.69, 9.17) is 9.15 Å². The van der Waals surface area contributed by atoms with Gasteiger partial charge in [0.25, 0.3) is 11.8 Å². The molecule has 1 fully saturated rings. The van der Waals surface area contributed by atoms with Gasteiger partial charge in [-0.1, -0.05) is 0 Å². The molecule has 5 heterocycles. The zero-order valence-corrected chi connectivity index (χ0v) is 23.2. The van der Waals surface area contributed by atoms with E-state index in [1.807, 2.05) is 0 Å². The Morgan fingerprint density at radius 1 is 0.867 bits per heavy atom. The first-order chi connectivity index (χ1) is 21.7. The second kappa shape index (κ2) is 9.77. The van der Waals surface area contributed by atoms with Gasteiger partial charge in [0, 0.05) is 45.8 Å². The van der Waals surface area contributed by atoms with Crippen LogP contribution in [0.15, 0.2) is 59.4 Å². The van der Waals surface area contributed by atoms with Crippen molar-refractivity contribution < 1.29 is 49.4 Å². The summed E-state index contributed by atoms with van der Waals surface area (Å²) in [4.78, 5) is 31.6. The molecule has 14 nitrogen and oxygen atoms in total. The van der Waals surface area contributed by atoms with Crippen LogP contribution in [0, 0.1) is 0 Å². The van der Waals surface area contributed by atoms with E-state index in [0.717, 1.165) is 5.01 Å². The zero-order chi connectivity index (χ0) is 31.3. The quantitative estimate of drug-likeness (QED) is 0.131. The number of aliphatic hydroxyl groups excluding tert-OH is 4. The third-order valence-corrected chi connectivity index (χ3v) is 8.73. The SMILES string of the molecule is O=C1c2c(c3c4ccc(O)cc4n(C4OC(CO)C(O)C(O)C4O)c3c3[nH]c4cc(O)ccc4c23)C(=O)N1NCc1ccoc1. The molecule has 6 aromatic rings. The van der Waals surface area contributed by atoms with Crippen molar-refractivity contribution in [1.29, 1.82) is 0 Å². The number of nitrogens with zero attached hydrogens (tertiary/aromatic N) is 2. The summed E-state index contributed by atoms with van der Waals surface area (Å²) in [5.41, 5.74) is 5.07. The van der Waals surface area contributed by atoms with Crippen LogP contribution in [-0.2, 0) is 11.3 Å². The molecule has 3 aromatic heterocycles. The third kappa shape index (κ3) is 3.78. The van der Waals surface area contributed by atoms with Crippen molar-refractivity contribution in [2.75, 3.05) is 6.61 Å². The maximum absolute atomic E-state index is 14.2. The number of amides is 2. The predicted molar refractivity (Wildman–Crippen MR) is 157 cm³/mol. The number of aliphatic hydroxyl groups is 4. The van der Waals surface area contributed by atoms with E-state index in [2.05, 4.69) is 10.4 Å². The Hall–Kier alpha value is -4.96. The first-order valence-electron chi connectivity index (χ1n) is 14.1. The van der Waals surface area contributed by atoms with Gasteiger partial charge >= 0.3 is 0 Å². The van der Waals surface area contributed by atoms with E-state index in [1.165, 1.54) is 41.4 Å². The fourth-order valence-electron chi connectivity index (χ4n) is 6.68. The first kappa shape index (κ1) is 27.6. The van der Waals surface area contributed by atoms with Crippen molar-refractivity contribution in [2.45, 2.75) is 37.2 Å². The van der Waals surface area contributed by atoms with Gasteiger partial charge in [0.1, 0.15) is 35.9 Å². The number of furan rings is 1. The van der Waals surface area contributed by atoms with E-state index in [0.29, 0.717) is 38.1 Å². The van der Waals surface area contributed by atoms with E-state index < -0.39 is 49.1 Å². The van der Waals surface area contributed by atoms with E-state index >= 15 is 0 Å². The lowest BCUT2D eigenvalue weighted by molar-refractivity contribution is -0.249. The molecule has 0 saturated carbocycles. The molecule has 2 amide bonds. The topological polar surface area (TPSA) is 214 Å². The number of rotatable bonds is 5. The molecule has 0 spiro atoms. The number of hydrazine groups is 1. The summed E-state index contributed by atoms with van der Waals surface area (Å²) in [5.74, 6) is -1.48. The number of aromatic hydroxyl groups is 2. The highest BCUT2D eigenvalue weighted by atomic mass is 16.6. The number of phenolic OH excluding ortho intramolecular Hbond substituents is 2. The van der Waals surface area contributed by atoms with Crippen LogP contribution in [0.4, 0.5) is 0 Å². The van der Waals surface area contributed by atoms with Crippen molar-refractivity contribution in [2.24, 2.45) is 0 Å². The molecule has 5 atom stereocenters. The summed E-state index contributed by atoms with van der Waals surface area (Å²) in [5, 5.41) is 65.7. The molecule has 8 N–H and O–H groups in total. The Morgan fingerprint density at radius 2 is 1.58 bits per heavy atom. The van der Waals surface area contributed by atoms with Crippen LogP contribution >= 0.6 is 0 Å². The summed E-state index contributed by atoms with van der Waals surface area (Å²) < 4.78 is 12.6. The van der Waals surface area contributed by atoms with Crippen LogP contribution < -0.4 is 5.43 Å². The van der Waals surface area contributed by atoms with Gasteiger partial charge in [-0.3, -0.25) is 9.59 Å². The number of ether oxygens (including phenoxy) is 1. The minimum absolute atomic E-state index is 0.0489. The van der Waals surface area contributed by atoms with Crippen molar-refractivity contribution >= 4 is 55.4 Å². The highest BCUT2D eigenvalue weighted by Crippen LogP contribution is 2.47. The first-order valence-corrected chi connectivity index (χ1v) is 14.1. The number of imide groups is 1. The number of carbonyl (C=O) groups is 2.